The van der Waals surface area contributed by atoms with Crippen molar-refractivity contribution in [1.82, 2.24) is 24.8 Å². The standard InChI is InChI=1S/C25H28ClN5O/c1-16-29-15-22(30(16)3)25(2,32)21-13-17-5-4-8-28-23(17)24(31-11-9-27-10-12-31)19-7-6-18(26)14-20(19)21/h4-8,13-15,24,27,32H,9-12H2,1-3H3. The van der Waals surface area contributed by atoms with Crippen LogP contribution in [0, 0.1) is 6.92 Å². The van der Waals surface area contributed by atoms with Crippen molar-refractivity contribution in [2.75, 3.05) is 26.2 Å². The second kappa shape index (κ2) is 8.12. The molecule has 3 heterocycles. The molecule has 1 aliphatic heterocycles. The number of hydrogen-bond acceptors (Lipinski definition) is 5. The number of nitrogens with zero attached hydrogens (tertiary/aromatic N) is 4. The van der Waals surface area contributed by atoms with Gasteiger partial charge < -0.3 is 15.0 Å². The van der Waals surface area contributed by atoms with E-state index in [1.165, 1.54) is 0 Å². The lowest BCUT2D eigenvalue weighted by atomic mass is 9.84. The van der Waals surface area contributed by atoms with Crippen LogP contribution in [0.4, 0.5) is 0 Å². The lowest BCUT2D eigenvalue weighted by Crippen LogP contribution is -2.45. The lowest BCUT2D eigenvalue weighted by Gasteiger charge is -2.36. The number of pyridine rings is 1. The third-order valence-corrected chi connectivity index (χ3v) is 7.03. The number of piperazine rings is 1. The summed E-state index contributed by atoms with van der Waals surface area (Å²) in [5.74, 6) is 0.849. The summed E-state index contributed by atoms with van der Waals surface area (Å²) in [6.45, 7) is 7.50. The van der Waals surface area contributed by atoms with Crippen molar-refractivity contribution in [3.05, 3.63) is 81.7 Å². The quantitative estimate of drug-likeness (QED) is 0.640. The molecule has 2 atom stereocenters. The molecule has 1 fully saturated rings. The highest BCUT2D eigenvalue weighted by Gasteiger charge is 2.38. The van der Waals surface area contributed by atoms with Crippen molar-refractivity contribution in [3.8, 4) is 0 Å². The van der Waals surface area contributed by atoms with Gasteiger partial charge in [-0.3, -0.25) is 9.88 Å². The minimum atomic E-state index is -1.28. The van der Waals surface area contributed by atoms with Crippen molar-refractivity contribution in [1.29, 1.82) is 0 Å². The van der Waals surface area contributed by atoms with E-state index in [4.69, 9.17) is 16.6 Å². The van der Waals surface area contributed by atoms with Crippen molar-refractivity contribution in [2.45, 2.75) is 25.5 Å². The number of nitrogens with one attached hydrogen (secondary N) is 1. The minimum absolute atomic E-state index is 0.0154. The van der Waals surface area contributed by atoms with E-state index in [0.717, 1.165) is 65.7 Å². The van der Waals surface area contributed by atoms with Gasteiger partial charge in [-0.05, 0) is 60.4 Å². The third-order valence-electron chi connectivity index (χ3n) is 6.79. The predicted molar refractivity (Wildman–Crippen MR) is 127 cm³/mol. The number of fused-ring (bicyclic) bond motifs is 2. The van der Waals surface area contributed by atoms with Gasteiger partial charge in [0.2, 0.25) is 0 Å². The van der Waals surface area contributed by atoms with Crippen LogP contribution in [0.1, 0.15) is 46.9 Å². The van der Waals surface area contributed by atoms with Crippen LogP contribution in [-0.2, 0) is 12.6 Å². The number of halogens is 1. The summed E-state index contributed by atoms with van der Waals surface area (Å²) < 4.78 is 1.94. The SMILES string of the molecule is Cc1ncc(C(C)(O)C2=Cc3cccnc3C(N3CCNCC3)c3ccc(Cl)cc32)n1C. The highest BCUT2D eigenvalue weighted by atomic mass is 35.5. The van der Waals surface area contributed by atoms with Crippen molar-refractivity contribution in [3.63, 3.8) is 0 Å². The van der Waals surface area contributed by atoms with E-state index in [1.807, 2.05) is 49.9 Å². The smallest absolute Gasteiger partial charge is 0.129 e. The van der Waals surface area contributed by atoms with E-state index in [2.05, 4.69) is 33.4 Å². The summed E-state index contributed by atoms with van der Waals surface area (Å²) >= 11 is 6.51. The largest absolute Gasteiger partial charge is 0.379 e. The Balaban J connectivity index is 1.77. The Labute approximate surface area is 193 Å². The van der Waals surface area contributed by atoms with E-state index in [-0.39, 0.29) is 6.04 Å². The Kier molecular flexibility index (Phi) is 5.42. The number of aromatic nitrogens is 3. The molecule has 32 heavy (non-hydrogen) atoms. The minimum Gasteiger partial charge on any atom is -0.379 e. The highest BCUT2D eigenvalue weighted by Crippen LogP contribution is 2.46. The maximum Gasteiger partial charge on any atom is 0.129 e. The summed E-state index contributed by atoms with van der Waals surface area (Å²) in [4.78, 5) is 11.7. The van der Waals surface area contributed by atoms with Gasteiger partial charge in [-0.2, -0.15) is 0 Å². The molecule has 166 valence electrons. The monoisotopic (exact) mass is 449 g/mol. The lowest BCUT2D eigenvalue weighted by molar-refractivity contribution is 0.114. The average Bonchev–Trinajstić information content (AvgIpc) is 3.05. The zero-order chi connectivity index (χ0) is 22.5. The van der Waals surface area contributed by atoms with Crippen LogP contribution in [0.2, 0.25) is 5.02 Å². The van der Waals surface area contributed by atoms with Crippen LogP contribution in [0.15, 0.2) is 42.7 Å². The first-order valence-electron chi connectivity index (χ1n) is 11.0. The van der Waals surface area contributed by atoms with Gasteiger partial charge in [-0.25, -0.2) is 4.98 Å². The van der Waals surface area contributed by atoms with Crippen LogP contribution in [0.25, 0.3) is 11.6 Å². The zero-order valence-electron chi connectivity index (χ0n) is 18.6. The normalized spacial score (nSPS) is 20.7. The molecular weight excluding hydrogens is 422 g/mol. The van der Waals surface area contributed by atoms with Gasteiger partial charge in [-0.1, -0.05) is 23.7 Å². The number of imidazole rings is 1. The van der Waals surface area contributed by atoms with Crippen molar-refractivity contribution >= 4 is 23.3 Å². The summed E-state index contributed by atoms with van der Waals surface area (Å²) in [5.41, 5.74) is 4.33. The molecule has 2 aromatic heterocycles. The maximum absolute atomic E-state index is 12.0. The van der Waals surface area contributed by atoms with Gasteiger partial charge in [0, 0.05) is 44.4 Å². The second-order valence-corrected chi connectivity index (χ2v) is 9.21. The molecule has 0 bridgehead atoms. The summed E-state index contributed by atoms with van der Waals surface area (Å²) in [6, 6.07) is 10.0. The van der Waals surface area contributed by atoms with E-state index < -0.39 is 5.60 Å². The number of aliphatic hydroxyl groups is 1. The molecule has 2 aliphatic rings. The number of hydrogen-bond donors (Lipinski definition) is 2. The molecule has 1 saturated heterocycles. The molecule has 6 nitrogen and oxygen atoms in total. The second-order valence-electron chi connectivity index (χ2n) is 8.78. The van der Waals surface area contributed by atoms with Gasteiger partial charge in [-0.15, -0.1) is 0 Å². The fourth-order valence-electron chi connectivity index (χ4n) is 4.97. The maximum atomic E-state index is 12.0. The molecule has 3 aromatic rings. The molecule has 5 rings (SSSR count). The van der Waals surface area contributed by atoms with Gasteiger partial charge >= 0.3 is 0 Å². The summed E-state index contributed by atoms with van der Waals surface area (Å²) in [5, 5.41) is 16.1. The van der Waals surface area contributed by atoms with Crippen LogP contribution in [0.3, 0.4) is 0 Å². The van der Waals surface area contributed by atoms with Gasteiger partial charge in [0.1, 0.15) is 11.4 Å². The Bertz CT molecular complexity index is 1190. The summed E-state index contributed by atoms with van der Waals surface area (Å²) in [6.07, 6.45) is 5.68. The van der Waals surface area contributed by atoms with Gasteiger partial charge in [0.15, 0.2) is 0 Å². The average molecular weight is 450 g/mol. The van der Waals surface area contributed by atoms with E-state index >= 15 is 0 Å². The molecule has 7 heteroatoms. The van der Waals surface area contributed by atoms with E-state index in [0.29, 0.717) is 5.02 Å². The number of benzene rings is 1. The van der Waals surface area contributed by atoms with E-state index in [9.17, 15) is 5.11 Å². The molecule has 2 unspecified atom stereocenters. The van der Waals surface area contributed by atoms with Crippen LogP contribution in [0.5, 0.6) is 0 Å². The Morgan fingerprint density at radius 1 is 1.19 bits per heavy atom. The molecule has 1 aromatic carbocycles. The Morgan fingerprint density at radius 3 is 2.69 bits per heavy atom. The fourth-order valence-corrected chi connectivity index (χ4v) is 5.14. The number of rotatable bonds is 3. The topological polar surface area (TPSA) is 66.2 Å². The Morgan fingerprint density at radius 2 is 1.97 bits per heavy atom. The highest BCUT2D eigenvalue weighted by molar-refractivity contribution is 6.30. The summed E-state index contributed by atoms with van der Waals surface area (Å²) in [7, 11) is 1.93. The Hall–Kier alpha value is -2.51. The van der Waals surface area contributed by atoms with Crippen LogP contribution < -0.4 is 5.32 Å². The van der Waals surface area contributed by atoms with E-state index in [1.54, 1.807) is 6.20 Å². The van der Waals surface area contributed by atoms with Crippen molar-refractivity contribution < 1.29 is 5.11 Å². The first kappa shape index (κ1) is 21.3. The molecule has 2 N–H and O–H groups in total. The van der Waals surface area contributed by atoms with Crippen LogP contribution in [-0.4, -0.2) is 50.7 Å². The molecule has 1 aliphatic carbocycles. The zero-order valence-corrected chi connectivity index (χ0v) is 19.4. The van der Waals surface area contributed by atoms with Crippen LogP contribution >= 0.6 is 11.6 Å². The first-order valence-corrected chi connectivity index (χ1v) is 11.4. The van der Waals surface area contributed by atoms with Gasteiger partial charge in [0.25, 0.3) is 0 Å². The predicted octanol–water partition coefficient (Wildman–Crippen LogP) is 3.53. The molecular formula is C25H28ClN5O. The molecule has 0 radical (unpaired) electrons. The molecule has 0 spiro atoms. The molecule has 0 amide bonds. The first-order chi connectivity index (χ1) is 15.4. The van der Waals surface area contributed by atoms with Gasteiger partial charge in [0.05, 0.1) is 23.6 Å². The number of aryl methyl sites for hydroxylation is 1. The fraction of sp³-hybridized carbons (Fsp3) is 0.360. The molecule has 0 saturated carbocycles. The third kappa shape index (κ3) is 3.48. The van der Waals surface area contributed by atoms with Crippen molar-refractivity contribution in [2.24, 2.45) is 7.05 Å².